The van der Waals surface area contributed by atoms with Crippen molar-refractivity contribution in [3.63, 3.8) is 0 Å². The third kappa shape index (κ3) is 4.41. The molecule has 9 aromatic rings. The van der Waals surface area contributed by atoms with Crippen LogP contribution in [0.15, 0.2) is 164 Å². The number of benzene rings is 7. The fourth-order valence-electron chi connectivity index (χ4n) is 6.75. The van der Waals surface area contributed by atoms with E-state index in [0.29, 0.717) is 5.82 Å². The zero-order valence-electron chi connectivity index (χ0n) is 24.9. The predicted octanol–water partition coefficient (Wildman–Crippen LogP) is 11.1. The molecule has 0 unspecified atom stereocenters. The summed E-state index contributed by atoms with van der Waals surface area (Å²) in [7, 11) is 0. The fourth-order valence-corrected chi connectivity index (χ4v) is 6.75. The van der Waals surface area contributed by atoms with Gasteiger partial charge in [0.1, 0.15) is 0 Å². The fraction of sp³-hybridized carbons (Fsp3) is 0. The highest BCUT2D eigenvalue weighted by atomic mass is 14.9. The normalized spacial score (nSPS) is 11.5. The zero-order chi connectivity index (χ0) is 30.5. The highest BCUT2D eigenvalue weighted by Gasteiger charge is 2.18. The summed E-state index contributed by atoms with van der Waals surface area (Å²) in [6, 6.07) is 53.5. The van der Waals surface area contributed by atoms with Gasteiger partial charge in [0.05, 0.1) is 11.4 Å². The van der Waals surface area contributed by atoms with Gasteiger partial charge in [0.15, 0.2) is 5.82 Å². The van der Waals surface area contributed by atoms with Crippen molar-refractivity contribution in [3.05, 3.63) is 164 Å². The van der Waals surface area contributed by atoms with Crippen LogP contribution in [0.2, 0.25) is 0 Å². The van der Waals surface area contributed by atoms with Crippen LogP contribution in [0.4, 0.5) is 0 Å². The van der Waals surface area contributed by atoms with E-state index in [-0.39, 0.29) is 0 Å². The molecule has 0 bridgehead atoms. The van der Waals surface area contributed by atoms with E-state index in [1.807, 2.05) is 18.3 Å². The first-order chi connectivity index (χ1) is 22.8. The van der Waals surface area contributed by atoms with Crippen LogP contribution in [0.3, 0.4) is 0 Å². The molecule has 2 heterocycles. The Morgan fingerprint density at radius 3 is 1.85 bits per heavy atom. The second-order valence-electron chi connectivity index (χ2n) is 11.7. The molecule has 3 nitrogen and oxygen atoms in total. The molecule has 2 aromatic heterocycles. The molecule has 0 N–H and O–H groups in total. The van der Waals surface area contributed by atoms with Gasteiger partial charge in [0.2, 0.25) is 0 Å². The van der Waals surface area contributed by atoms with Crippen molar-refractivity contribution in [1.29, 1.82) is 0 Å². The average molecular weight is 586 g/mol. The van der Waals surface area contributed by atoms with Crippen LogP contribution in [-0.2, 0) is 0 Å². The van der Waals surface area contributed by atoms with Crippen LogP contribution in [0, 0.1) is 0 Å². The molecule has 0 spiro atoms. The van der Waals surface area contributed by atoms with E-state index in [1.54, 1.807) is 6.20 Å². The van der Waals surface area contributed by atoms with Crippen molar-refractivity contribution >= 4 is 32.3 Å². The Balaban J connectivity index is 1.31. The van der Waals surface area contributed by atoms with Gasteiger partial charge in [-0.1, -0.05) is 127 Å². The third-order valence-electron chi connectivity index (χ3n) is 8.94. The SMILES string of the molecule is c1ccc(-c2cccc(-c3cc(-c4ccccc4-c4cccnc4)nc(-c4ccc5ccc6cccc7ccc4c5c67)n3)c2)cc1. The first-order valence-electron chi connectivity index (χ1n) is 15.5. The molecular weight excluding hydrogens is 558 g/mol. The molecule has 9 rings (SSSR count). The maximum atomic E-state index is 5.32. The summed E-state index contributed by atoms with van der Waals surface area (Å²) in [6.45, 7) is 0. The quantitative estimate of drug-likeness (QED) is 0.189. The Kier molecular flexibility index (Phi) is 6.14. The van der Waals surface area contributed by atoms with E-state index in [0.717, 1.165) is 50.2 Å². The molecule has 0 radical (unpaired) electrons. The minimum absolute atomic E-state index is 0.705. The van der Waals surface area contributed by atoms with Crippen molar-refractivity contribution in [1.82, 2.24) is 15.0 Å². The van der Waals surface area contributed by atoms with Crippen LogP contribution in [0.5, 0.6) is 0 Å². The summed E-state index contributed by atoms with van der Waals surface area (Å²) in [5.74, 6) is 0.705. The first kappa shape index (κ1) is 26.2. The molecular formula is C43H27N3. The maximum absolute atomic E-state index is 5.32. The summed E-state index contributed by atoms with van der Waals surface area (Å²) < 4.78 is 0. The topological polar surface area (TPSA) is 38.7 Å². The van der Waals surface area contributed by atoms with Gasteiger partial charge in [-0.3, -0.25) is 4.98 Å². The summed E-state index contributed by atoms with van der Waals surface area (Å²) in [6.07, 6.45) is 3.72. The molecule has 0 atom stereocenters. The van der Waals surface area contributed by atoms with Crippen molar-refractivity contribution < 1.29 is 0 Å². The summed E-state index contributed by atoms with van der Waals surface area (Å²) in [4.78, 5) is 15.0. The van der Waals surface area contributed by atoms with E-state index in [1.165, 1.54) is 32.5 Å². The highest BCUT2D eigenvalue weighted by Crippen LogP contribution is 2.40. The van der Waals surface area contributed by atoms with Crippen LogP contribution in [0.25, 0.3) is 88.5 Å². The Morgan fingerprint density at radius 2 is 1.02 bits per heavy atom. The van der Waals surface area contributed by atoms with E-state index in [2.05, 4.69) is 145 Å². The van der Waals surface area contributed by atoms with Gasteiger partial charge >= 0.3 is 0 Å². The molecule has 0 fully saturated rings. The van der Waals surface area contributed by atoms with Crippen LogP contribution in [0.1, 0.15) is 0 Å². The zero-order valence-corrected chi connectivity index (χ0v) is 24.9. The van der Waals surface area contributed by atoms with Gasteiger partial charge in [0, 0.05) is 34.6 Å². The van der Waals surface area contributed by atoms with E-state index in [9.17, 15) is 0 Å². The largest absolute Gasteiger partial charge is 0.264 e. The molecule has 214 valence electrons. The van der Waals surface area contributed by atoms with Crippen molar-refractivity contribution in [2.24, 2.45) is 0 Å². The van der Waals surface area contributed by atoms with E-state index >= 15 is 0 Å². The van der Waals surface area contributed by atoms with Gasteiger partial charge in [-0.15, -0.1) is 0 Å². The Hall–Kier alpha value is -6.19. The Morgan fingerprint density at radius 1 is 0.370 bits per heavy atom. The number of rotatable bonds is 5. The average Bonchev–Trinajstić information content (AvgIpc) is 3.14. The molecule has 3 heteroatoms. The second kappa shape index (κ2) is 10.8. The molecule has 7 aromatic carbocycles. The summed E-state index contributed by atoms with van der Waals surface area (Å²) in [5, 5.41) is 7.40. The van der Waals surface area contributed by atoms with Gasteiger partial charge < -0.3 is 0 Å². The molecule has 0 aliphatic carbocycles. The number of aromatic nitrogens is 3. The molecule has 0 aliphatic rings. The van der Waals surface area contributed by atoms with Crippen LogP contribution in [-0.4, -0.2) is 15.0 Å². The minimum atomic E-state index is 0.705. The maximum Gasteiger partial charge on any atom is 0.161 e. The summed E-state index contributed by atoms with van der Waals surface area (Å²) in [5.41, 5.74) is 9.31. The van der Waals surface area contributed by atoms with E-state index < -0.39 is 0 Å². The first-order valence-corrected chi connectivity index (χ1v) is 15.5. The minimum Gasteiger partial charge on any atom is -0.264 e. The highest BCUT2D eigenvalue weighted by molar-refractivity contribution is 6.25. The van der Waals surface area contributed by atoms with Crippen molar-refractivity contribution in [2.45, 2.75) is 0 Å². The van der Waals surface area contributed by atoms with Gasteiger partial charge in [-0.2, -0.15) is 0 Å². The lowest BCUT2D eigenvalue weighted by Gasteiger charge is -2.16. The van der Waals surface area contributed by atoms with Crippen LogP contribution < -0.4 is 0 Å². The van der Waals surface area contributed by atoms with E-state index in [4.69, 9.17) is 9.97 Å². The standard InChI is InChI=1S/C43H27N3/c1-2-9-28(10-3-1)32-13-7-14-33(25-32)39-26-40(36-17-5-4-16-35(36)34-15-8-24-44-27-34)46-43(45-39)38-23-21-31-19-18-29-11-6-12-30-20-22-37(38)42(31)41(29)30/h1-27H. The second-order valence-corrected chi connectivity index (χ2v) is 11.7. The smallest absolute Gasteiger partial charge is 0.161 e. The van der Waals surface area contributed by atoms with Gasteiger partial charge in [-0.25, -0.2) is 9.97 Å². The predicted molar refractivity (Wildman–Crippen MR) is 191 cm³/mol. The monoisotopic (exact) mass is 585 g/mol. The molecule has 46 heavy (non-hydrogen) atoms. The molecule has 0 saturated heterocycles. The molecule has 0 amide bonds. The number of pyridine rings is 1. The number of nitrogens with zero attached hydrogens (tertiary/aromatic N) is 3. The molecule has 0 saturated carbocycles. The number of hydrogen-bond acceptors (Lipinski definition) is 3. The lowest BCUT2D eigenvalue weighted by Crippen LogP contribution is -1.98. The number of hydrogen-bond donors (Lipinski definition) is 0. The Labute approximate surface area is 266 Å². The van der Waals surface area contributed by atoms with Crippen LogP contribution >= 0.6 is 0 Å². The third-order valence-corrected chi connectivity index (χ3v) is 8.94. The Bertz CT molecular complexity index is 2500. The molecule has 0 aliphatic heterocycles. The summed E-state index contributed by atoms with van der Waals surface area (Å²) >= 11 is 0. The van der Waals surface area contributed by atoms with Gasteiger partial charge in [-0.05, 0) is 73.3 Å². The van der Waals surface area contributed by atoms with Crippen molar-refractivity contribution in [2.75, 3.05) is 0 Å². The van der Waals surface area contributed by atoms with Crippen molar-refractivity contribution in [3.8, 4) is 56.2 Å². The van der Waals surface area contributed by atoms with Gasteiger partial charge in [0.25, 0.3) is 0 Å². The lowest BCUT2D eigenvalue weighted by molar-refractivity contribution is 1.19. The lowest BCUT2D eigenvalue weighted by atomic mass is 9.91.